The second-order valence-corrected chi connectivity index (χ2v) is 8.01. The minimum atomic E-state index is 0.658. The average Bonchev–Trinajstić information content (AvgIpc) is 3.26. The van der Waals surface area contributed by atoms with Gasteiger partial charge in [-0.1, -0.05) is 52.0 Å². The van der Waals surface area contributed by atoms with Gasteiger partial charge in [0.15, 0.2) is 11.0 Å². The zero-order valence-electron chi connectivity index (χ0n) is 14.8. The number of allylic oxidation sites excluding steroid dienone is 1. The van der Waals surface area contributed by atoms with Gasteiger partial charge in [0.05, 0.1) is 5.69 Å². The van der Waals surface area contributed by atoms with Crippen LogP contribution in [-0.4, -0.2) is 24.1 Å². The van der Waals surface area contributed by atoms with Gasteiger partial charge < -0.3 is 4.40 Å². The van der Waals surface area contributed by atoms with E-state index in [1.54, 1.807) is 11.8 Å². The van der Waals surface area contributed by atoms with E-state index in [0.29, 0.717) is 6.54 Å². The van der Waals surface area contributed by atoms with Gasteiger partial charge in [0.25, 0.3) is 0 Å². The third kappa shape index (κ3) is 3.70. The van der Waals surface area contributed by atoms with E-state index in [2.05, 4.69) is 60.9 Å². The molecule has 0 atom stereocenters. The molecular formula is C20H18BrN5S. The van der Waals surface area contributed by atoms with Gasteiger partial charge in [0, 0.05) is 34.7 Å². The highest BCUT2D eigenvalue weighted by molar-refractivity contribution is 9.10. The molecule has 5 nitrogen and oxygen atoms in total. The molecule has 7 heteroatoms. The zero-order chi connectivity index (χ0) is 18.8. The zero-order valence-corrected chi connectivity index (χ0v) is 17.2. The van der Waals surface area contributed by atoms with Crippen LogP contribution in [0.4, 0.5) is 0 Å². The summed E-state index contributed by atoms with van der Waals surface area (Å²) >= 11 is 5.11. The predicted molar refractivity (Wildman–Crippen MR) is 113 cm³/mol. The molecule has 0 N–H and O–H groups in total. The standard InChI is InChI=1S/C20H18BrN5S/c1-3-10-26-19(15-6-8-16(21)9-7-15)23-24-20(26)27-13-17-12-25-11-4-5-14(2)18(25)22-17/h3-9,11-12H,1,10,13H2,2H3. The summed E-state index contributed by atoms with van der Waals surface area (Å²) in [6, 6.07) is 12.2. The van der Waals surface area contributed by atoms with Gasteiger partial charge in [-0.15, -0.1) is 16.8 Å². The first-order chi connectivity index (χ1) is 13.2. The molecule has 0 saturated carbocycles. The Labute approximate surface area is 170 Å². The van der Waals surface area contributed by atoms with Crippen molar-refractivity contribution in [2.75, 3.05) is 0 Å². The van der Waals surface area contributed by atoms with Crippen LogP contribution in [0.15, 0.2) is 71.1 Å². The van der Waals surface area contributed by atoms with Gasteiger partial charge in [-0.3, -0.25) is 4.57 Å². The number of pyridine rings is 1. The topological polar surface area (TPSA) is 48.0 Å². The largest absolute Gasteiger partial charge is 0.307 e. The van der Waals surface area contributed by atoms with E-state index in [9.17, 15) is 0 Å². The predicted octanol–water partition coefficient (Wildman–Crippen LogP) is 5.14. The number of rotatable bonds is 6. The van der Waals surface area contributed by atoms with E-state index < -0.39 is 0 Å². The van der Waals surface area contributed by atoms with Crippen LogP contribution < -0.4 is 0 Å². The number of fused-ring (bicyclic) bond motifs is 1. The first kappa shape index (κ1) is 18.0. The van der Waals surface area contributed by atoms with Crippen molar-refractivity contribution in [2.24, 2.45) is 0 Å². The molecule has 27 heavy (non-hydrogen) atoms. The van der Waals surface area contributed by atoms with Crippen molar-refractivity contribution in [3.05, 3.63) is 77.2 Å². The monoisotopic (exact) mass is 439 g/mol. The number of hydrogen-bond donors (Lipinski definition) is 0. The van der Waals surface area contributed by atoms with Crippen LogP contribution in [0.25, 0.3) is 17.0 Å². The number of nitrogens with zero attached hydrogens (tertiary/aromatic N) is 5. The second-order valence-electron chi connectivity index (χ2n) is 6.16. The molecule has 0 aliphatic carbocycles. The number of aryl methyl sites for hydroxylation is 1. The van der Waals surface area contributed by atoms with E-state index in [1.165, 1.54) is 5.56 Å². The molecule has 0 bridgehead atoms. The lowest BCUT2D eigenvalue weighted by atomic mass is 10.2. The minimum absolute atomic E-state index is 0.658. The molecule has 3 heterocycles. The highest BCUT2D eigenvalue weighted by Gasteiger charge is 2.14. The maximum Gasteiger partial charge on any atom is 0.192 e. The summed E-state index contributed by atoms with van der Waals surface area (Å²) < 4.78 is 5.19. The molecule has 0 fully saturated rings. The smallest absolute Gasteiger partial charge is 0.192 e. The van der Waals surface area contributed by atoms with Crippen LogP contribution in [0.3, 0.4) is 0 Å². The molecule has 0 saturated heterocycles. The van der Waals surface area contributed by atoms with Gasteiger partial charge in [-0.2, -0.15) is 0 Å². The Morgan fingerprint density at radius 2 is 2.00 bits per heavy atom. The molecule has 1 aromatic carbocycles. The van der Waals surface area contributed by atoms with E-state index >= 15 is 0 Å². The third-order valence-electron chi connectivity index (χ3n) is 4.21. The molecule has 4 aromatic rings. The molecule has 0 unspecified atom stereocenters. The second kappa shape index (κ2) is 7.70. The van der Waals surface area contributed by atoms with E-state index in [4.69, 9.17) is 4.98 Å². The Morgan fingerprint density at radius 1 is 1.19 bits per heavy atom. The molecule has 3 aromatic heterocycles. The number of benzene rings is 1. The molecular weight excluding hydrogens is 422 g/mol. The van der Waals surface area contributed by atoms with Crippen molar-refractivity contribution in [2.45, 2.75) is 24.4 Å². The Morgan fingerprint density at radius 3 is 2.74 bits per heavy atom. The first-order valence-electron chi connectivity index (χ1n) is 8.52. The number of imidazole rings is 1. The van der Waals surface area contributed by atoms with Crippen molar-refractivity contribution in [1.82, 2.24) is 24.1 Å². The van der Waals surface area contributed by atoms with Gasteiger partial charge in [0.2, 0.25) is 0 Å². The van der Waals surface area contributed by atoms with Crippen molar-refractivity contribution in [3.63, 3.8) is 0 Å². The first-order valence-corrected chi connectivity index (χ1v) is 10.3. The maximum absolute atomic E-state index is 4.74. The molecule has 4 rings (SSSR count). The third-order valence-corrected chi connectivity index (χ3v) is 5.74. The number of hydrogen-bond acceptors (Lipinski definition) is 4. The Hall–Kier alpha value is -2.38. The fourth-order valence-corrected chi connectivity index (χ4v) is 4.01. The molecule has 0 aliphatic heterocycles. The number of thioether (sulfide) groups is 1. The Bertz CT molecular complexity index is 1100. The van der Waals surface area contributed by atoms with Crippen LogP contribution in [0.5, 0.6) is 0 Å². The maximum atomic E-state index is 4.74. The lowest BCUT2D eigenvalue weighted by molar-refractivity contribution is 0.731. The van der Waals surface area contributed by atoms with E-state index in [1.807, 2.05) is 42.6 Å². The van der Waals surface area contributed by atoms with Gasteiger partial charge in [-0.05, 0) is 30.7 Å². The summed E-state index contributed by atoms with van der Waals surface area (Å²) in [4.78, 5) is 4.74. The fraction of sp³-hybridized carbons (Fsp3) is 0.150. The summed E-state index contributed by atoms with van der Waals surface area (Å²) in [5.74, 6) is 1.58. The Kier molecular flexibility index (Phi) is 5.13. The quantitative estimate of drug-likeness (QED) is 0.308. The normalized spacial score (nSPS) is 11.2. The molecule has 0 radical (unpaired) electrons. The van der Waals surface area contributed by atoms with Crippen LogP contribution in [0.1, 0.15) is 11.3 Å². The van der Waals surface area contributed by atoms with Gasteiger partial charge >= 0.3 is 0 Å². The molecule has 0 aliphatic rings. The van der Waals surface area contributed by atoms with Crippen molar-refractivity contribution < 1.29 is 0 Å². The average molecular weight is 440 g/mol. The molecule has 0 spiro atoms. The summed E-state index contributed by atoms with van der Waals surface area (Å²) in [7, 11) is 0. The highest BCUT2D eigenvalue weighted by atomic mass is 79.9. The number of aromatic nitrogens is 5. The van der Waals surface area contributed by atoms with Crippen LogP contribution in [-0.2, 0) is 12.3 Å². The van der Waals surface area contributed by atoms with Crippen LogP contribution in [0.2, 0.25) is 0 Å². The van der Waals surface area contributed by atoms with Crippen molar-refractivity contribution in [3.8, 4) is 11.4 Å². The van der Waals surface area contributed by atoms with Crippen LogP contribution in [0, 0.1) is 6.92 Å². The van der Waals surface area contributed by atoms with Crippen LogP contribution >= 0.6 is 27.7 Å². The minimum Gasteiger partial charge on any atom is -0.307 e. The number of halogens is 1. The molecule has 136 valence electrons. The SMILES string of the molecule is C=CCn1c(SCc2cn3cccc(C)c3n2)nnc1-c1ccc(Br)cc1. The van der Waals surface area contributed by atoms with E-state index in [0.717, 1.165) is 38.1 Å². The fourth-order valence-electron chi connectivity index (χ4n) is 2.91. The van der Waals surface area contributed by atoms with Gasteiger partial charge in [0.1, 0.15) is 5.65 Å². The summed E-state index contributed by atoms with van der Waals surface area (Å²) in [5, 5.41) is 9.67. The van der Waals surface area contributed by atoms with E-state index in [-0.39, 0.29) is 0 Å². The lowest BCUT2D eigenvalue weighted by Crippen LogP contribution is -2.00. The van der Waals surface area contributed by atoms with Crippen molar-refractivity contribution in [1.29, 1.82) is 0 Å². The lowest BCUT2D eigenvalue weighted by Gasteiger charge is -2.07. The highest BCUT2D eigenvalue weighted by Crippen LogP contribution is 2.27. The summed E-state index contributed by atoms with van der Waals surface area (Å²) in [6.07, 6.45) is 5.96. The Balaban J connectivity index is 1.60. The summed E-state index contributed by atoms with van der Waals surface area (Å²) in [6.45, 7) is 6.61. The molecule has 0 amide bonds. The summed E-state index contributed by atoms with van der Waals surface area (Å²) in [5.41, 5.74) is 4.22. The van der Waals surface area contributed by atoms with Crippen molar-refractivity contribution >= 4 is 33.3 Å². The van der Waals surface area contributed by atoms with Gasteiger partial charge in [-0.25, -0.2) is 4.98 Å².